The number of ether oxygens (including phenoxy) is 2. The molecule has 38 heavy (non-hydrogen) atoms. The number of aromatic nitrogens is 1. The molecule has 200 valence electrons. The number of anilines is 1. The van der Waals surface area contributed by atoms with Gasteiger partial charge in [0.2, 0.25) is 5.91 Å². The second kappa shape index (κ2) is 11.0. The van der Waals surface area contributed by atoms with E-state index < -0.39 is 53.1 Å². The summed E-state index contributed by atoms with van der Waals surface area (Å²) in [5, 5.41) is 2.49. The van der Waals surface area contributed by atoms with E-state index in [2.05, 4.69) is 10.1 Å². The lowest BCUT2D eigenvalue weighted by Crippen LogP contribution is -2.44. The minimum atomic E-state index is -3.05. The van der Waals surface area contributed by atoms with Gasteiger partial charge in [0.25, 0.3) is 11.5 Å². The van der Waals surface area contributed by atoms with E-state index in [9.17, 15) is 23.2 Å². The fourth-order valence-corrected chi connectivity index (χ4v) is 4.39. The van der Waals surface area contributed by atoms with Crippen LogP contribution in [0.15, 0.2) is 59.5 Å². The first-order valence-electron chi connectivity index (χ1n) is 11.5. The zero-order chi connectivity index (χ0) is 27.6. The summed E-state index contributed by atoms with van der Waals surface area (Å²) < 4.78 is 65.5. The van der Waals surface area contributed by atoms with E-state index in [1.54, 1.807) is 13.0 Å². The lowest BCUT2D eigenvalue weighted by atomic mass is 9.92. The average Bonchev–Trinajstić information content (AvgIpc) is 3.18. The maximum Gasteiger partial charge on any atom is 0.387 e. The standard InChI is InChI=1S/C26H23F4N3O5/c1-3-32-10-4-5-20(24(32)35)33-13-17(21-18(27)11-16(37-2)12-19(21)28)22(25(33)36)31-23(34)14-6-8-15(9-7-14)38-26(29)30/h4-12,17,22,26H,3,13H2,1-2H3,(H,31,34)/t17-,22-/m0/s1. The van der Waals surface area contributed by atoms with Crippen LogP contribution >= 0.6 is 0 Å². The molecule has 0 saturated carbocycles. The zero-order valence-electron chi connectivity index (χ0n) is 20.3. The van der Waals surface area contributed by atoms with Crippen LogP contribution in [0.25, 0.3) is 0 Å². The zero-order valence-corrected chi connectivity index (χ0v) is 20.3. The van der Waals surface area contributed by atoms with Crippen molar-refractivity contribution in [1.82, 2.24) is 9.88 Å². The first kappa shape index (κ1) is 26.7. The van der Waals surface area contributed by atoms with Crippen molar-refractivity contribution in [2.45, 2.75) is 32.0 Å². The molecule has 1 fully saturated rings. The average molecular weight is 533 g/mol. The summed E-state index contributed by atoms with van der Waals surface area (Å²) in [6.45, 7) is -1.29. The maximum absolute atomic E-state index is 15.1. The van der Waals surface area contributed by atoms with Crippen molar-refractivity contribution in [2.24, 2.45) is 0 Å². The summed E-state index contributed by atoms with van der Waals surface area (Å²) in [6, 6.07) is 8.12. The summed E-state index contributed by atoms with van der Waals surface area (Å²) >= 11 is 0. The molecule has 0 unspecified atom stereocenters. The van der Waals surface area contributed by atoms with Crippen molar-refractivity contribution in [3.63, 3.8) is 0 Å². The number of pyridine rings is 1. The molecule has 2 heterocycles. The van der Waals surface area contributed by atoms with Crippen molar-refractivity contribution in [1.29, 1.82) is 0 Å². The third-order valence-electron chi connectivity index (χ3n) is 6.23. The number of alkyl halides is 2. The van der Waals surface area contributed by atoms with Crippen molar-refractivity contribution < 1.29 is 36.6 Å². The van der Waals surface area contributed by atoms with Crippen molar-refractivity contribution in [2.75, 3.05) is 18.6 Å². The third-order valence-corrected chi connectivity index (χ3v) is 6.23. The highest BCUT2D eigenvalue weighted by molar-refractivity contribution is 6.05. The van der Waals surface area contributed by atoms with Gasteiger partial charge in [0.1, 0.15) is 34.9 Å². The summed E-state index contributed by atoms with van der Waals surface area (Å²) in [6.07, 6.45) is 1.54. The number of benzene rings is 2. The molecule has 2 amide bonds. The first-order chi connectivity index (χ1) is 18.1. The Labute approximate surface area is 214 Å². The SMILES string of the molecule is CCn1cccc(N2C[C@@H](c3c(F)cc(OC)cc3F)[C@H](NC(=O)c3ccc(OC(F)F)cc3)C2=O)c1=O. The number of amides is 2. The summed E-state index contributed by atoms with van der Waals surface area (Å²) in [7, 11) is 1.24. The maximum atomic E-state index is 15.1. The van der Waals surface area contributed by atoms with E-state index in [1.165, 1.54) is 36.1 Å². The van der Waals surface area contributed by atoms with Gasteiger partial charge in [-0.3, -0.25) is 14.4 Å². The fourth-order valence-electron chi connectivity index (χ4n) is 4.39. The minimum absolute atomic E-state index is 0.0103. The Kier molecular flexibility index (Phi) is 7.70. The minimum Gasteiger partial charge on any atom is -0.497 e. The normalized spacial score (nSPS) is 17.1. The van der Waals surface area contributed by atoms with Gasteiger partial charge < -0.3 is 24.3 Å². The summed E-state index contributed by atoms with van der Waals surface area (Å²) in [5.74, 6) is -5.01. The number of carbonyl (C=O) groups excluding carboxylic acids is 2. The molecule has 2 atom stereocenters. The van der Waals surface area contributed by atoms with Crippen LogP contribution in [-0.4, -0.2) is 42.7 Å². The number of nitrogens with one attached hydrogen (secondary N) is 1. The van der Waals surface area contributed by atoms with Gasteiger partial charge in [-0.1, -0.05) is 0 Å². The molecule has 1 aromatic heterocycles. The predicted octanol–water partition coefficient (Wildman–Crippen LogP) is 3.69. The largest absolute Gasteiger partial charge is 0.497 e. The summed E-state index contributed by atoms with van der Waals surface area (Å²) in [5.41, 5.74) is -0.969. The Bertz CT molecular complexity index is 1390. The molecule has 0 radical (unpaired) electrons. The molecule has 0 bridgehead atoms. The molecule has 8 nitrogen and oxygen atoms in total. The Hall–Kier alpha value is -4.35. The molecule has 1 N–H and O–H groups in total. The van der Waals surface area contributed by atoms with Crippen molar-refractivity contribution in [3.8, 4) is 11.5 Å². The highest BCUT2D eigenvalue weighted by Gasteiger charge is 2.46. The van der Waals surface area contributed by atoms with Gasteiger partial charge in [0.05, 0.1) is 7.11 Å². The third kappa shape index (κ3) is 5.20. The summed E-state index contributed by atoms with van der Waals surface area (Å²) in [4.78, 5) is 40.5. The van der Waals surface area contributed by atoms with Gasteiger partial charge in [-0.05, 0) is 43.3 Å². The van der Waals surface area contributed by atoms with Gasteiger partial charge >= 0.3 is 6.61 Å². The smallest absolute Gasteiger partial charge is 0.387 e. The molecule has 4 rings (SSSR count). The van der Waals surface area contributed by atoms with Gasteiger partial charge in [-0.25, -0.2) is 8.78 Å². The Morgan fingerprint density at radius 3 is 2.32 bits per heavy atom. The van der Waals surface area contributed by atoms with Gasteiger partial charge in [-0.2, -0.15) is 8.78 Å². The van der Waals surface area contributed by atoms with E-state index in [-0.39, 0.29) is 29.3 Å². The number of hydrogen-bond acceptors (Lipinski definition) is 5. The molecular weight excluding hydrogens is 510 g/mol. The van der Waals surface area contributed by atoms with Crippen LogP contribution in [-0.2, 0) is 11.3 Å². The van der Waals surface area contributed by atoms with Crippen LogP contribution in [0.3, 0.4) is 0 Å². The van der Waals surface area contributed by atoms with Gasteiger partial charge in [0, 0.05) is 48.5 Å². The van der Waals surface area contributed by atoms with E-state index in [1.807, 2.05) is 0 Å². The second-order valence-electron chi connectivity index (χ2n) is 8.40. The molecule has 1 aliphatic heterocycles. The molecule has 2 aromatic carbocycles. The van der Waals surface area contributed by atoms with Gasteiger partial charge in [0.15, 0.2) is 0 Å². The Morgan fingerprint density at radius 2 is 1.74 bits per heavy atom. The lowest BCUT2D eigenvalue weighted by Gasteiger charge is -2.20. The van der Waals surface area contributed by atoms with E-state index in [0.717, 1.165) is 29.2 Å². The number of hydrogen-bond donors (Lipinski definition) is 1. The highest BCUT2D eigenvalue weighted by Crippen LogP contribution is 2.36. The van der Waals surface area contributed by atoms with Gasteiger partial charge in [-0.15, -0.1) is 0 Å². The second-order valence-corrected chi connectivity index (χ2v) is 8.40. The van der Waals surface area contributed by atoms with Crippen molar-refractivity contribution in [3.05, 3.63) is 87.8 Å². The van der Waals surface area contributed by atoms with E-state index in [0.29, 0.717) is 6.54 Å². The van der Waals surface area contributed by atoms with E-state index >= 15 is 8.78 Å². The molecule has 1 aliphatic rings. The monoisotopic (exact) mass is 533 g/mol. The predicted molar refractivity (Wildman–Crippen MR) is 129 cm³/mol. The number of aryl methyl sites for hydroxylation is 1. The van der Waals surface area contributed by atoms with E-state index in [4.69, 9.17) is 4.74 Å². The number of rotatable bonds is 8. The highest BCUT2D eigenvalue weighted by atomic mass is 19.3. The first-order valence-corrected chi connectivity index (χ1v) is 11.5. The van der Waals surface area contributed by atoms with Crippen LogP contribution in [0.5, 0.6) is 11.5 Å². The number of methoxy groups -OCH3 is 1. The van der Waals surface area contributed by atoms with Crippen LogP contribution in [0.1, 0.15) is 28.8 Å². The quantitative estimate of drug-likeness (QED) is 0.447. The molecule has 3 aromatic rings. The number of carbonyl (C=O) groups is 2. The molecule has 1 saturated heterocycles. The Morgan fingerprint density at radius 1 is 1.08 bits per heavy atom. The van der Waals surface area contributed by atoms with Crippen LogP contribution in [0.2, 0.25) is 0 Å². The molecule has 0 aliphatic carbocycles. The van der Waals surface area contributed by atoms with Crippen molar-refractivity contribution >= 4 is 17.5 Å². The van der Waals surface area contributed by atoms with Crippen LogP contribution in [0.4, 0.5) is 23.2 Å². The number of nitrogens with zero attached hydrogens (tertiary/aromatic N) is 2. The fraction of sp³-hybridized carbons (Fsp3) is 0.269. The Balaban J connectivity index is 1.72. The van der Waals surface area contributed by atoms with Crippen LogP contribution < -0.4 is 25.2 Å². The molecular formula is C26H23F4N3O5. The topological polar surface area (TPSA) is 89.9 Å². The number of halogens is 4. The molecule has 0 spiro atoms. The lowest BCUT2D eigenvalue weighted by molar-refractivity contribution is -0.118. The van der Waals surface area contributed by atoms with Crippen LogP contribution in [0, 0.1) is 11.6 Å². The molecule has 12 heteroatoms.